The first-order valence-electron chi connectivity index (χ1n) is 6.02. The largest absolute Gasteiger partial charge is 0.349 e. The van der Waals surface area contributed by atoms with E-state index in [-0.39, 0.29) is 0 Å². The zero-order chi connectivity index (χ0) is 10.1. The van der Waals surface area contributed by atoms with Crippen molar-refractivity contribution < 1.29 is 0 Å². The molecule has 3 heteroatoms. The molecule has 3 rings (SSSR count). The molecule has 1 aromatic heterocycles. The molecule has 0 spiro atoms. The molecule has 0 unspecified atom stereocenters. The quantitative estimate of drug-likeness (QED) is 0.739. The third kappa shape index (κ3) is 1.82. The van der Waals surface area contributed by atoms with Crippen LogP contribution in [-0.4, -0.2) is 35.1 Å². The average Bonchev–Trinajstić information content (AvgIpc) is 2.77. The van der Waals surface area contributed by atoms with Crippen LogP contribution < -0.4 is 5.32 Å². The number of nitrogens with one attached hydrogen (secondary N) is 1. The summed E-state index contributed by atoms with van der Waals surface area (Å²) in [7, 11) is 0. The van der Waals surface area contributed by atoms with Crippen molar-refractivity contribution in [2.45, 2.75) is 32.0 Å². The molecule has 15 heavy (non-hydrogen) atoms. The number of fused-ring (bicyclic) bond motifs is 1. The van der Waals surface area contributed by atoms with Crippen LogP contribution >= 0.6 is 0 Å². The molecule has 0 aliphatic carbocycles. The van der Waals surface area contributed by atoms with E-state index in [1.165, 1.54) is 44.7 Å². The lowest BCUT2D eigenvalue weighted by Gasteiger charge is -2.37. The molecular formula is C12H19N3. The SMILES string of the molecule is c1cc2n(c1)CCN(C1CCNCC1)C2. The summed E-state index contributed by atoms with van der Waals surface area (Å²) in [6, 6.07) is 5.24. The molecular weight excluding hydrogens is 186 g/mol. The maximum Gasteiger partial charge on any atom is 0.0390 e. The van der Waals surface area contributed by atoms with Crippen molar-refractivity contribution in [1.29, 1.82) is 0 Å². The lowest BCUT2D eigenvalue weighted by molar-refractivity contribution is 0.128. The van der Waals surface area contributed by atoms with Crippen LogP contribution in [0.1, 0.15) is 18.5 Å². The molecule has 0 saturated carbocycles. The lowest BCUT2D eigenvalue weighted by Crippen LogP contribution is -2.46. The van der Waals surface area contributed by atoms with E-state index in [0.29, 0.717) is 0 Å². The summed E-state index contributed by atoms with van der Waals surface area (Å²) in [6.07, 6.45) is 4.84. The van der Waals surface area contributed by atoms with Crippen molar-refractivity contribution in [3.63, 3.8) is 0 Å². The molecule has 82 valence electrons. The van der Waals surface area contributed by atoms with Crippen LogP contribution in [0.2, 0.25) is 0 Å². The minimum absolute atomic E-state index is 0.815. The Labute approximate surface area is 91.1 Å². The van der Waals surface area contributed by atoms with Gasteiger partial charge < -0.3 is 9.88 Å². The fourth-order valence-corrected chi connectivity index (χ4v) is 2.82. The van der Waals surface area contributed by atoms with Gasteiger partial charge in [0.05, 0.1) is 0 Å². The summed E-state index contributed by atoms with van der Waals surface area (Å²) in [5, 5.41) is 3.44. The second kappa shape index (κ2) is 3.99. The predicted molar refractivity (Wildman–Crippen MR) is 60.7 cm³/mol. The van der Waals surface area contributed by atoms with E-state index in [4.69, 9.17) is 0 Å². The minimum Gasteiger partial charge on any atom is -0.349 e. The van der Waals surface area contributed by atoms with Crippen LogP contribution in [0.4, 0.5) is 0 Å². The molecule has 2 aliphatic heterocycles. The van der Waals surface area contributed by atoms with Gasteiger partial charge in [-0.05, 0) is 38.1 Å². The normalized spacial score (nSPS) is 24.0. The molecule has 1 N–H and O–H groups in total. The van der Waals surface area contributed by atoms with E-state index in [9.17, 15) is 0 Å². The fraction of sp³-hybridized carbons (Fsp3) is 0.667. The molecule has 0 bridgehead atoms. The fourth-order valence-electron chi connectivity index (χ4n) is 2.82. The van der Waals surface area contributed by atoms with E-state index in [1.807, 2.05) is 0 Å². The number of aromatic nitrogens is 1. The van der Waals surface area contributed by atoms with Gasteiger partial charge in [-0.25, -0.2) is 0 Å². The zero-order valence-corrected chi connectivity index (χ0v) is 9.15. The number of nitrogens with zero attached hydrogens (tertiary/aromatic N) is 2. The Hall–Kier alpha value is -0.800. The van der Waals surface area contributed by atoms with Gasteiger partial charge in [0.25, 0.3) is 0 Å². The monoisotopic (exact) mass is 205 g/mol. The zero-order valence-electron chi connectivity index (χ0n) is 9.15. The number of piperidine rings is 1. The van der Waals surface area contributed by atoms with Gasteiger partial charge in [-0.1, -0.05) is 0 Å². The second-order valence-electron chi connectivity index (χ2n) is 4.64. The Bertz CT molecular complexity index is 325. The van der Waals surface area contributed by atoms with E-state index < -0.39 is 0 Å². The summed E-state index contributed by atoms with van der Waals surface area (Å²) >= 11 is 0. The number of hydrogen-bond donors (Lipinski definition) is 1. The third-order valence-corrected chi connectivity index (χ3v) is 3.74. The first-order valence-corrected chi connectivity index (χ1v) is 6.02. The van der Waals surface area contributed by atoms with Crippen molar-refractivity contribution >= 4 is 0 Å². The van der Waals surface area contributed by atoms with Crippen molar-refractivity contribution in [3.8, 4) is 0 Å². The van der Waals surface area contributed by atoms with Crippen LogP contribution in [0.5, 0.6) is 0 Å². The van der Waals surface area contributed by atoms with Crippen molar-refractivity contribution in [3.05, 3.63) is 24.0 Å². The van der Waals surface area contributed by atoms with Gasteiger partial charge in [-0.2, -0.15) is 0 Å². The van der Waals surface area contributed by atoms with Crippen LogP contribution in [0.15, 0.2) is 18.3 Å². The molecule has 1 aromatic rings. The van der Waals surface area contributed by atoms with Crippen molar-refractivity contribution in [1.82, 2.24) is 14.8 Å². The number of rotatable bonds is 1. The Balaban J connectivity index is 1.69. The Morgan fingerprint density at radius 1 is 1.20 bits per heavy atom. The van der Waals surface area contributed by atoms with Gasteiger partial charge in [0.1, 0.15) is 0 Å². The Morgan fingerprint density at radius 2 is 2.07 bits per heavy atom. The Kier molecular flexibility index (Phi) is 2.51. The maximum absolute atomic E-state index is 3.44. The highest BCUT2D eigenvalue weighted by atomic mass is 15.2. The molecule has 3 nitrogen and oxygen atoms in total. The molecule has 0 atom stereocenters. The van der Waals surface area contributed by atoms with Gasteiger partial charge in [0.2, 0.25) is 0 Å². The maximum atomic E-state index is 3.44. The van der Waals surface area contributed by atoms with Gasteiger partial charge in [0, 0.05) is 37.6 Å². The molecule has 0 aromatic carbocycles. The lowest BCUT2D eigenvalue weighted by atomic mass is 10.0. The second-order valence-corrected chi connectivity index (χ2v) is 4.64. The molecule has 3 heterocycles. The van der Waals surface area contributed by atoms with Crippen molar-refractivity contribution in [2.75, 3.05) is 19.6 Å². The Morgan fingerprint density at radius 3 is 2.93 bits per heavy atom. The highest BCUT2D eigenvalue weighted by Gasteiger charge is 2.24. The number of hydrogen-bond acceptors (Lipinski definition) is 2. The van der Waals surface area contributed by atoms with E-state index in [0.717, 1.165) is 12.6 Å². The summed E-state index contributed by atoms with van der Waals surface area (Å²) < 4.78 is 2.39. The first kappa shape index (κ1) is 9.43. The minimum atomic E-state index is 0.815. The smallest absolute Gasteiger partial charge is 0.0390 e. The highest BCUT2D eigenvalue weighted by Crippen LogP contribution is 2.19. The van der Waals surface area contributed by atoms with Crippen LogP contribution in [-0.2, 0) is 13.1 Å². The van der Waals surface area contributed by atoms with Crippen molar-refractivity contribution in [2.24, 2.45) is 0 Å². The van der Waals surface area contributed by atoms with E-state index >= 15 is 0 Å². The summed E-state index contributed by atoms with van der Waals surface area (Å²) in [6.45, 7) is 5.95. The average molecular weight is 205 g/mol. The van der Waals surface area contributed by atoms with Gasteiger partial charge in [-0.15, -0.1) is 0 Å². The first-order chi connectivity index (χ1) is 7.43. The van der Waals surface area contributed by atoms with Crippen LogP contribution in [0.3, 0.4) is 0 Å². The standard InChI is InChI=1S/C12H19N3/c1-2-12-10-15(9-8-14(12)7-1)11-3-5-13-6-4-11/h1-2,7,11,13H,3-6,8-10H2. The van der Waals surface area contributed by atoms with Crippen LogP contribution in [0, 0.1) is 0 Å². The highest BCUT2D eigenvalue weighted by molar-refractivity contribution is 5.09. The summed E-state index contributed by atoms with van der Waals surface area (Å²) in [5.41, 5.74) is 1.49. The van der Waals surface area contributed by atoms with Gasteiger partial charge in [-0.3, -0.25) is 4.90 Å². The molecule has 0 radical (unpaired) electrons. The third-order valence-electron chi connectivity index (χ3n) is 3.74. The van der Waals surface area contributed by atoms with E-state index in [2.05, 4.69) is 33.1 Å². The topological polar surface area (TPSA) is 20.2 Å². The summed E-state index contributed by atoms with van der Waals surface area (Å²) in [5.74, 6) is 0. The van der Waals surface area contributed by atoms with Gasteiger partial charge >= 0.3 is 0 Å². The predicted octanol–water partition coefficient (Wildman–Crippen LogP) is 1.06. The molecule has 0 amide bonds. The molecule has 1 fully saturated rings. The molecule has 1 saturated heterocycles. The van der Waals surface area contributed by atoms with E-state index in [1.54, 1.807) is 0 Å². The van der Waals surface area contributed by atoms with Crippen LogP contribution in [0.25, 0.3) is 0 Å². The molecule has 2 aliphatic rings. The van der Waals surface area contributed by atoms with Gasteiger partial charge in [0.15, 0.2) is 0 Å². The summed E-state index contributed by atoms with van der Waals surface area (Å²) in [4.78, 5) is 2.66.